The first-order chi connectivity index (χ1) is 21.4. The largest absolute Gasteiger partial charge is 0.351 e. The molecule has 3 aromatic rings. The molecule has 2 heterocycles. The molecule has 2 fully saturated rings. The molecule has 2 atom stereocenters. The Bertz CT molecular complexity index is 1700. The van der Waals surface area contributed by atoms with E-state index in [4.69, 9.17) is 0 Å². The van der Waals surface area contributed by atoms with Crippen LogP contribution in [0, 0.1) is 24.1 Å². The fourth-order valence-corrected chi connectivity index (χ4v) is 5.63. The molecule has 1 saturated heterocycles. The maximum atomic E-state index is 14.8. The molecule has 5 rings (SSSR count). The van der Waals surface area contributed by atoms with Crippen LogP contribution in [0.1, 0.15) is 42.5 Å². The summed E-state index contributed by atoms with van der Waals surface area (Å²) in [5.74, 6) is -6.51. The van der Waals surface area contributed by atoms with Gasteiger partial charge >= 0.3 is 0 Å². The molecule has 4 amide bonds. The van der Waals surface area contributed by atoms with Crippen LogP contribution in [-0.4, -0.2) is 64.6 Å². The topological polar surface area (TPSA) is 127 Å². The zero-order chi connectivity index (χ0) is 32.5. The number of nitrogens with one attached hydrogen (secondary N) is 1. The van der Waals surface area contributed by atoms with Crippen molar-refractivity contribution in [3.8, 4) is 6.07 Å². The number of nitrogens with zero attached hydrogens (tertiary/aromatic N) is 5. The second kappa shape index (κ2) is 12.4. The van der Waals surface area contributed by atoms with Crippen molar-refractivity contribution in [2.45, 2.75) is 50.7 Å². The second-order valence-corrected chi connectivity index (χ2v) is 11.1. The van der Waals surface area contributed by atoms with Crippen LogP contribution < -0.4 is 15.1 Å². The van der Waals surface area contributed by atoms with Crippen LogP contribution in [0.4, 0.5) is 24.7 Å². The standard InChI is InChI=1S/C32H29F3N6O4/c1-19-6-3-4-9-25(19)29(30(44)38-23-14-32(34,35)15-23)40(24-8-5-7-22(33)13-24)31(45)26-17-39(20(2)42)18-28(43)41(26)27-12-21(16-36)10-11-37-27/h3-13,23,26,29H,14-15,17-18H2,1-2H3,(H,38,44)/t26-,29-/m0/s1. The molecule has 1 aromatic heterocycles. The van der Waals surface area contributed by atoms with E-state index in [0.717, 1.165) is 21.9 Å². The maximum Gasteiger partial charge on any atom is 0.253 e. The summed E-state index contributed by atoms with van der Waals surface area (Å²) in [4.78, 5) is 62.3. The van der Waals surface area contributed by atoms with E-state index in [-0.39, 0.29) is 30.2 Å². The Hall–Kier alpha value is -5.25. The fraction of sp³-hybridized carbons (Fsp3) is 0.312. The molecule has 2 aromatic carbocycles. The first kappa shape index (κ1) is 31.2. The third-order valence-electron chi connectivity index (χ3n) is 7.90. The highest BCUT2D eigenvalue weighted by Gasteiger charge is 2.49. The minimum Gasteiger partial charge on any atom is -0.351 e. The van der Waals surface area contributed by atoms with E-state index >= 15 is 0 Å². The summed E-state index contributed by atoms with van der Waals surface area (Å²) < 4.78 is 42.1. The van der Waals surface area contributed by atoms with Gasteiger partial charge in [0.05, 0.1) is 18.2 Å². The molecule has 1 aliphatic heterocycles. The van der Waals surface area contributed by atoms with Gasteiger partial charge in [0, 0.05) is 37.7 Å². The van der Waals surface area contributed by atoms with Crippen molar-refractivity contribution in [1.82, 2.24) is 15.2 Å². The summed E-state index contributed by atoms with van der Waals surface area (Å²) in [6.45, 7) is 2.25. The molecule has 1 N–H and O–H groups in total. The van der Waals surface area contributed by atoms with Gasteiger partial charge in [-0.25, -0.2) is 18.2 Å². The quantitative estimate of drug-likeness (QED) is 0.431. The molecule has 0 spiro atoms. The Labute approximate surface area is 257 Å². The number of anilines is 2. The first-order valence-electron chi connectivity index (χ1n) is 14.1. The molecule has 10 nitrogen and oxygen atoms in total. The average Bonchev–Trinajstić information content (AvgIpc) is 2.98. The summed E-state index contributed by atoms with van der Waals surface area (Å²) in [6, 6.07) is 12.5. The zero-order valence-electron chi connectivity index (χ0n) is 24.4. The number of hydrogen-bond acceptors (Lipinski definition) is 6. The molecule has 232 valence electrons. The minimum atomic E-state index is -2.93. The number of carbonyl (C=O) groups is 4. The normalized spacial score (nSPS) is 18.4. The summed E-state index contributed by atoms with van der Waals surface area (Å²) in [7, 11) is 0. The van der Waals surface area contributed by atoms with Gasteiger partial charge in [0.2, 0.25) is 17.7 Å². The smallest absolute Gasteiger partial charge is 0.253 e. The van der Waals surface area contributed by atoms with Gasteiger partial charge in [-0.2, -0.15) is 5.26 Å². The Kier molecular flexibility index (Phi) is 8.59. The van der Waals surface area contributed by atoms with Crippen molar-refractivity contribution in [3.05, 3.63) is 89.4 Å². The molecule has 1 aliphatic carbocycles. The second-order valence-electron chi connectivity index (χ2n) is 11.1. The van der Waals surface area contributed by atoms with Crippen LogP contribution in [-0.2, 0) is 19.2 Å². The average molecular weight is 619 g/mol. The van der Waals surface area contributed by atoms with Crippen LogP contribution >= 0.6 is 0 Å². The lowest BCUT2D eigenvalue weighted by Crippen LogP contribution is -2.64. The van der Waals surface area contributed by atoms with Gasteiger partial charge in [0.15, 0.2) is 0 Å². The highest BCUT2D eigenvalue weighted by Crippen LogP contribution is 2.39. The van der Waals surface area contributed by atoms with E-state index in [1.807, 2.05) is 6.07 Å². The lowest BCUT2D eigenvalue weighted by atomic mass is 9.87. The number of aromatic nitrogens is 1. The number of alkyl halides is 2. The van der Waals surface area contributed by atoms with E-state index < -0.39 is 66.3 Å². The summed E-state index contributed by atoms with van der Waals surface area (Å²) in [5.41, 5.74) is 1.02. The molecule has 0 unspecified atom stereocenters. The molecule has 0 bridgehead atoms. The van der Waals surface area contributed by atoms with E-state index in [9.17, 15) is 37.6 Å². The molecule has 13 heteroatoms. The van der Waals surface area contributed by atoms with E-state index in [1.54, 1.807) is 31.2 Å². The third-order valence-corrected chi connectivity index (χ3v) is 7.90. The SMILES string of the molecule is CC(=O)N1CC(=O)N(c2cc(C#N)ccn2)[C@H](C(=O)N(c2cccc(F)c2)[C@H](C(=O)NC2CC(F)(F)C2)c2ccccc2C)C1. The number of amides is 4. The Morgan fingerprint density at radius 1 is 1.11 bits per heavy atom. The Morgan fingerprint density at radius 3 is 2.49 bits per heavy atom. The monoisotopic (exact) mass is 618 g/mol. The van der Waals surface area contributed by atoms with Gasteiger partial charge in [0.25, 0.3) is 11.8 Å². The highest BCUT2D eigenvalue weighted by molar-refractivity contribution is 6.10. The molecular weight excluding hydrogens is 589 g/mol. The number of carbonyl (C=O) groups excluding carboxylic acids is 4. The number of rotatable bonds is 7. The minimum absolute atomic E-state index is 0.0339. The van der Waals surface area contributed by atoms with E-state index in [1.165, 1.54) is 42.3 Å². The van der Waals surface area contributed by atoms with Crippen molar-refractivity contribution in [2.24, 2.45) is 0 Å². The molecule has 0 radical (unpaired) electrons. The number of pyridine rings is 1. The van der Waals surface area contributed by atoms with Crippen LogP contribution in [0.5, 0.6) is 0 Å². The molecule has 2 aliphatic rings. The van der Waals surface area contributed by atoms with E-state index in [2.05, 4.69) is 10.3 Å². The van der Waals surface area contributed by atoms with Crippen molar-refractivity contribution in [3.63, 3.8) is 0 Å². The number of nitriles is 1. The maximum absolute atomic E-state index is 14.8. The fourth-order valence-electron chi connectivity index (χ4n) is 5.63. The van der Waals surface area contributed by atoms with Crippen LogP contribution in [0.25, 0.3) is 0 Å². The lowest BCUT2D eigenvalue weighted by molar-refractivity contribution is -0.139. The molecule has 45 heavy (non-hydrogen) atoms. The van der Waals surface area contributed by atoms with Crippen molar-refractivity contribution >= 4 is 35.1 Å². The summed E-state index contributed by atoms with van der Waals surface area (Å²) in [6.07, 6.45) is 0.140. The Morgan fingerprint density at radius 2 is 1.84 bits per heavy atom. The van der Waals surface area contributed by atoms with Crippen molar-refractivity contribution < 1.29 is 32.3 Å². The molecule has 1 saturated carbocycles. The predicted molar refractivity (Wildman–Crippen MR) is 156 cm³/mol. The van der Waals surface area contributed by atoms with Crippen LogP contribution in [0.2, 0.25) is 0 Å². The third kappa shape index (κ3) is 6.50. The Balaban J connectivity index is 1.66. The van der Waals surface area contributed by atoms with Gasteiger partial charge in [-0.15, -0.1) is 0 Å². The van der Waals surface area contributed by atoms with Crippen LogP contribution in [0.3, 0.4) is 0 Å². The molecular formula is C32H29F3N6O4. The van der Waals surface area contributed by atoms with Gasteiger partial charge in [-0.05, 0) is 48.4 Å². The highest BCUT2D eigenvalue weighted by atomic mass is 19.3. The number of benzene rings is 2. The van der Waals surface area contributed by atoms with Gasteiger partial charge in [-0.3, -0.25) is 29.0 Å². The zero-order valence-corrected chi connectivity index (χ0v) is 24.4. The van der Waals surface area contributed by atoms with Crippen LogP contribution in [0.15, 0.2) is 66.9 Å². The number of piperazine rings is 1. The van der Waals surface area contributed by atoms with Gasteiger partial charge in [-0.1, -0.05) is 30.3 Å². The van der Waals surface area contributed by atoms with E-state index in [0.29, 0.717) is 11.1 Å². The van der Waals surface area contributed by atoms with Gasteiger partial charge in [0.1, 0.15) is 30.3 Å². The first-order valence-corrected chi connectivity index (χ1v) is 14.1. The number of aryl methyl sites for hydroxylation is 1. The van der Waals surface area contributed by atoms with Crippen molar-refractivity contribution in [1.29, 1.82) is 5.26 Å². The van der Waals surface area contributed by atoms with Crippen molar-refractivity contribution in [2.75, 3.05) is 22.9 Å². The summed E-state index contributed by atoms with van der Waals surface area (Å²) in [5, 5.41) is 12.1. The lowest BCUT2D eigenvalue weighted by Gasteiger charge is -2.43. The summed E-state index contributed by atoms with van der Waals surface area (Å²) >= 11 is 0. The van der Waals surface area contributed by atoms with Gasteiger partial charge < -0.3 is 10.2 Å². The number of hydrogen-bond donors (Lipinski definition) is 1. The predicted octanol–water partition coefficient (Wildman–Crippen LogP) is 3.65. The number of halogens is 3.